The van der Waals surface area contributed by atoms with Gasteiger partial charge in [-0.2, -0.15) is 0 Å². The summed E-state index contributed by atoms with van der Waals surface area (Å²) in [7, 11) is 0. The number of fused-ring (bicyclic) bond motifs is 1. The first kappa shape index (κ1) is 16.4. The minimum absolute atomic E-state index is 0.0646. The molecule has 26 heavy (non-hydrogen) atoms. The smallest absolute Gasteiger partial charge is 0.320 e. The van der Waals surface area contributed by atoms with Gasteiger partial charge in [0, 0.05) is 23.5 Å². The molecule has 0 saturated heterocycles. The lowest BCUT2D eigenvalue weighted by Gasteiger charge is -2.10. The van der Waals surface area contributed by atoms with Crippen molar-refractivity contribution < 1.29 is 13.9 Å². The Labute approximate surface area is 151 Å². The number of benzene rings is 2. The van der Waals surface area contributed by atoms with Crippen LogP contribution >= 0.6 is 11.6 Å². The number of hydrogen-bond acceptors (Lipinski definition) is 4. The van der Waals surface area contributed by atoms with Crippen LogP contribution in [0.3, 0.4) is 0 Å². The van der Waals surface area contributed by atoms with Crippen LogP contribution in [0.25, 0.3) is 5.69 Å². The molecule has 3 aromatic rings. The van der Waals surface area contributed by atoms with Gasteiger partial charge in [0.25, 0.3) is 0 Å². The van der Waals surface area contributed by atoms with Gasteiger partial charge >= 0.3 is 11.1 Å². The maximum Gasteiger partial charge on any atom is 0.320 e. The minimum Gasteiger partial charge on any atom is -0.454 e. The molecule has 0 spiro atoms. The Morgan fingerprint density at radius 2 is 1.81 bits per heavy atom. The van der Waals surface area contributed by atoms with Crippen LogP contribution in [-0.4, -0.2) is 15.9 Å². The maximum atomic E-state index is 13.1. The molecule has 1 aromatic heterocycles. The Bertz CT molecular complexity index is 1120. The van der Waals surface area contributed by atoms with Gasteiger partial charge < -0.3 is 14.0 Å². The van der Waals surface area contributed by atoms with Gasteiger partial charge in [0.1, 0.15) is 5.82 Å². The van der Waals surface area contributed by atoms with Crippen LogP contribution in [0.4, 0.5) is 4.39 Å². The average molecular weight is 375 g/mol. The molecule has 0 unspecified atom stereocenters. The monoisotopic (exact) mass is 374 g/mol. The van der Waals surface area contributed by atoms with E-state index < -0.39 is 16.9 Å². The summed E-state index contributed by atoms with van der Waals surface area (Å²) in [4.78, 5) is 24.9. The fraction of sp³-hybridized carbons (Fsp3) is 0.111. The number of rotatable bonds is 3. The van der Waals surface area contributed by atoms with E-state index >= 15 is 0 Å². The zero-order valence-corrected chi connectivity index (χ0v) is 14.1. The van der Waals surface area contributed by atoms with Crippen LogP contribution in [-0.2, 0) is 6.54 Å². The fourth-order valence-electron chi connectivity index (χ4n) is 2.70. The highest BCUT2D eigenvalue weighted by Gasteiger charge is 2.15. The van der Waals surface area contributed by atoms with Crippen LogP contribution in [0.15, 0.2) is 58.4 Å². The second-order valence-corrected chi connectivity index (χ2v) is 6.09. The summed E-state index contributed by atoms with van der Waals surface area (Å²) < 4.78 is 26.1. The van der Waals surface area contributed by atoms with E-state index in [2.05, 4.69) is 0 Å². The SMILES string of the molecule is O=c1c(=O)n(-c2ccc3c(c2)OCO3)ccn1Cc1ccc(F)cc1Cl. The maximum absolute atomic E-state index is 13.1. The van der Waals surface area contributed by atoms with Crippen molar-refractivity contribution in [2.75, 3.05) is 6.79 Å². The lowest BCUT2D eigenvalue weighted by Crippen LogP contribution is -2.40. The van der Waals surface area contributed by atoms with E-state index in [1.54, 1.807) is 18.2 Å². The summed E-state index contributed by atoms with van der Waals surface area (Å²) in [5.41, 5.74) is -0.408. The molecule has 6 nitrogen and oxygen atoms in total. The van der Waals surface area contributed by atoms with E-state index in [-0.39, 0.29) is 18.4 Å². The summed E-state index contributed by atoms with van der Waals surface area (Å²) >= 11 is 5.99. The van der Waals surface area contributed by atoms with Gasteiger partial charge in [-0.1, -0.05) is 17.7 Å². The summed E-state index contributed by atoms with van der Waals surface area (Å²) in [6, 6.07) is 8.86. The van der Waals surface area contributed by atoms with Gasteiger partial charge in [0.15, 0.2) is 11.5 Å². The molecule has 2 aromatic carbocycles. The predicted octanol–water partition coefficient (Wildman–Crippen LogP) is 2.57. The molecule has 1 aliphatic rings. The molecule has 0 saturated carbocycles. The minimum atomic E-state index is -0.718. The predicted molar refractivity (Wildman–Crippen MR) is 92.9 cm³/mol. The lowest BCUT2D eigenvalue weighted by molar-refractivity contribution is 0.174. The first-order valence-electron chi connectivity index (χ1n) is 7.69. The summed E-state index contributed by atoms with van der Waals surface area (Å²) in [6.07, 6.45) is 2.96. The second kappa shape index (κ2) is 6.34. The van der Waals surface area contributed by atoms with E-state index in [9.17, 15) is 14.0 Å². The molecule has 8 heteroatoms. The molecule has 132 valence electrons. The molecule has 0 amide bonds. The van der Waals surface area contributed by atoms with Crippen molar-refractivity contribution in [3.8, 4) is 17.2 Å². The first-order valence-corrected chi connectivity index (χ1v) is 8.07. The van der Waals surface area contributed by atoms with Gasteiger partial charge in [0.2, 0.25) is 6.79 Å². The Morgan fingerprint density at radius 1 is 1.00 bits per heavy atom. The lowest BCUT2D eigenvalue weighted by atomic mass is 10.2. The number of ether oxygens (including phenoxy) is 2. The average Bonchev–Trinajstić information content (AvgIpc) is 3.09. The van der Waals surface area contributed by atoms with Crippen molar-refractivity contribution in [3.63, 3.8) is 0 Å². The molecule has 0 bridgehead atoms. The first-order chi connectivity index (χ1) is 12.5. The highest BCUT2D eigenvalue weighted by molar-refractivity contribution is 6.31. The van der Waals surface area contributed by atoms with E-state index in [4.69, 9.17) is 21.1 Å². The summed E-state index contributed by atoms with van der Waals surface area (Å²) in [5.74, 6) is 0.627. The fourth-order valence-corrected chi connectivity index (χ4v) is 2.93. The van der Waals surface area contributed by atoms with Crippen molar-refractivity contribution >= 4 is 11.6 Å². The Kier molecular flexibility index (Phi) is 4.00. The van der Waals surface area contributed by atoms with Gasteiger partial charge in [-0.05, 0) is 29.8 Å². The van der Waals surface area contributed by atoms with E-state index in [1.807, 2.05) is 0 Å². The Hall–Kier alpha value is -3.06. The molecule has 0 atom stereocenters. The van der Waals surface area contributed by atoms with Crippen LogP contribution in [0.5, 0.6) is 11.5 Å². The second-order valence-electron chi connectivity index (χ2n) is 5.68. The topological polar surface area (TPSA) is 62.5 Å². The molecule has 1 aliphatic heterocycles. The third-order valence-electron chi connectivity index (χ3n) is 4.05. The van der Waals surface area contributed by atoms with Crippen molar-refractivity contribution in [3.05, 3.63) is 85.9 Å². The van der Waals surface area contributed by atoms with Gasteiger partial charge in [-0.25, -0.2) is 4.39 Å². The largest absolute Gasteiger partial charge is 0.454 e. The highest BCUT2D eigenvalue weighted by atomic mass is 35.5. The Morgan fingerprint density at radius 3 is 2.62 bits per heavy atom. The molecule has 4 rings (SSSR count). The quantitative estimate of drug-likeness (QED) is 0.661. The molecular weight excluding hydrogens is 363 g/mol. The Balaban J connectivity index is 1.71. The van der Waals surface area contributed by atoms with Gasteiger partial charge in [-0.3, -0.25) is 14.2 Å². The molecular formula is C18H12ClFN2O4. The molecule has 0 radical (unpaired) electrons. The molecule has 0 N–H and O–H groups in total. The normalized spacial score (nSPS) is 12.4. The molecule has 2 heterocycles. The van der Waals surface area contributed by atoms with Crippen molar-refractivity contribution in [1.29, 1.82) is 0 Å². The summed E-state index contributed by atoms with van der Waals surface area (Å²) in [5, 5.41) is 0.192. The highest BCUT2D eigenvalue weighted by Crippen LogP contribution is 2.33. The van der Waals surface area contributed by atoms with Crippen LogP contribution in [0, 0.1) is 5.82 Å². The van der Waals surface area contributed by atoms with E-state index in [0.717, 1.165) is 6.07 Å². The number of halogens is 2. The van der Waals surface area contributed by atoms with Crippen LogP contribution < -0.4 is 20.6 Å². The standard InChI is InChI=1S/C18H12ClFN2O4/c19-14-7-12(20)2-1-11(14)9-21-5-6-22(18(24)17(21)23)13-3-4-15-16(8-13)26-10-25-15/h1-8H,9-10H2. The third-order valence-corrected chi connectivity index (χ3v) is 4.40. The van der Waals surface area contributed by atoms with Gasteiger partial charge in [0.05, 0.1) is 12.2 Å². The van der Waals surface area contributed by atoms with Crippen molar-refractivity contribution in [1.82, 2.24) is 9.13 Å². The number of hydrogen-bond donors (Lipinski definition) is 0. The van der Waals surface area contributed by atoms with E-state index in [0.29, 0.717) is 22.7 Å². The van der Waals surface area contributed by atoms with Gasteiger partial charge in [-0.15, -0.1) is 0 Å². The third kappa shape index (κ3) is 2.86. The van der Waals surface area contributed by atoms with E-state index in [1.165, 1.54) is 33.7 Å². The number of aromatic nitrogens is 2. The molecule has 0 aliphatic carbocycles. The summed E-state index contributed by atoms with van der Waals surface area (Å²) in [6.45, 7) is 0.183. The zero-order valence-electron chi connectivity index (χ0n) is 13.3. The van der Waals surface area contributed by atoms with Crippen LogP contribution in [0.2, 0.25) is 5.02 Å². The number of nitrogens with zero attached hydrogens (tertiary/aromatic N) is 2. The van der Waals surface area contributed by atoms with Crippen molar-refractivity contribution in [2.45, 2.75) is 6.54 Å². The molecule has 0 fully saturated rings. The van der Waals surface area contributed by atoms with Crippen LogP contribution in [0.1, 0.15) is 5.56 Å². The van der Waals surface area contributed by atoms with Crippen molar-refractivity contribution in [2.24, 2.45) is 0 Å². The zero-order chi connectivity index (χ0) is 18.3.